The lowest BCUT2D eigenvalue weighted by Gasteiger charge is -2.18. The smallest absolute Gasteiger partial charge is 0.105 e. The van der Waals surface area contributed by atoms with Gasteiger partial charge in [0.2, 0.25) is 0 Å². The summed E-state index contributed by atoms with van der Waals surface area (Å²) < 4.78 is 5.66. The molecule has 0 bridgehead atoms. The third kappa shape index (κ3) is 3.44. The molecule has 1 N–H and O–H groups in total. The van der Waals surface area contributed by atoms with Crippen molar-refractivity contribution in [1.82, 2.24) is 5.32 Å². The van der Waals surface area contributed by atoms with Gasteiger partial charge in [0, 0.05) is 16.6 Å². The quantitative estimate of drug-likeness (QED) is 0.860. The fourth-order valence-electron chi connectivity index (χ4n) is 2.57. The van der Waals surface area contributed by atoms with Gasteiger partial charge < -0.3 is 9.73 Å². The monoisotopic (exact) mass is 291 g/mol. The molecule has 3 heteroatoms. The van der Waals surface area contributed by atoms with E-state index in [-0.39, 0.29) is 6.04 Å². The van der Waals surface area contributed by atoms with Crippen molar-refractivity contribution in [1.29, 1.82) is 0 Å². The minimum Gasteiger partial charge on any atom is -0.466 e. The van der Waals surface area contributed by atoms with Crippen molar-refractivity contribution >= 4 is 11.6 Å². The molecule has 0 radical (unpaired) electrons. The highest BCUT2D eigenvalue weighted by Crippen LogP contribution is 2.28. The van der Waals surface area contributed by atoms with Crippen LogP contribution in [0.25, 0.3) is 0 Å². The maximum atomic E-state index is 6.36. The summed E-state index contributed by atoms with van der Waals surface area (Å²) in [6.45, 7) is 9.09. The van der Waals surface area contributed by atoms with Crippen LogP contribution in [0.3, 0.4) is 0 Å². The summed E-state index contributed by atoms with van der Waals surface area (Å²) in [5, 5.41) is 4.36. The molecular formula is C17H22ClNO. The normalized spacial score (nSPS) is 12.7. The summed E-state index contributed by atoms with van der Waals surface area (Å²) in [4.78, 5) is 0. The van der Waals surface area contributed by atoms with E-state index in [9.17, 15) is 0 Å². The Labute approximate surface area is 126 Å². The van der Waals surface area contributed by atoms with Gasteiger partial charge in [0.05, 0.1) is 0 Å². The van der Waals surface area contributed by atoms with Gasteiger partial charge in [0.15, 0.2) is 0 Å². The first-order chi connectivity index (χ1) is 9.51. The number of nitrogens with one attached hydrogen (secondary N) is 1. The van der Waals surface area contributed by atoms with E-state index in [1.807, 2.05) is 19.9 Å². The molecule has 0 amide bonds. The number of halogens is 1. The van der Waals surface area contributed by atoms with Crippen LogP contribution in [0.2, 0.25) is 5.02 Å². The summed E-state index contributed by atoms with van der Waals surface area (Å²) in [6, 6.07) is 8.60. The van der Waals surface area contributed by atoms with Gasteiger partial charge in [-0.05, 0) is 57.0 Å². The highest BCUT2D eigenvalue weighted by molar-refractivity contribution is 6.31. The maximum absolute atomic E-state index is 6.36. The van der Waals surface area contributed by atoms with Gasteiger partial charge in [-0.2, -0.15) is 0 Å². The fraction of sp³-hybridized carbons (Fsp3) is 0.412. The van der Waals surface area contributed by atoms with Gasteiger partial charge in [0.25, 0.3) is 0 Å². The lowest BCUT2D eigenvalue weighted by molar-refractivity contribution is 0.484. The first kappa shape index (κ1) is 15.1. The molecule has 0 aliphatic heterocycles. The van der Waals surface area contributed by atoms with Gasteiger partial charge in [-0.3, -0.25) is 0 Å². The predicted molar refractivity (Wildman–Crippen MR) is 84.5 cm³/mol. The molecule has 1 heterocycles. The van der Waals surface area contributed by atoms with Crippen LogP contribution in [-0.4, -0.2) is 6.54 Å². The van der Waals surface area contributed by atoms with Crippen LogP contribution in [0.5, 0.6) is 0 Å². The molecule has 0 fully saturated rings. The predicted octanol–water partition coefficient (Wildman–Crippen LogP) is 4.75. The van der Waals surface area contributed by atoms with Crippen LogP contribution in [0.15, 0.2) is 28.7 Å². The average molecular weight is 292 g/mol. The standard InChI is InChI=1S/C17H22ClNO/c1-5-19-17(15-9-12(3)20-13(15)4)10-14-7-6-11(2)8-16(14)18/h6-9,17,19H,5,10H2,1-4H3. The zero-order chi connectivity index (χ0) is 14.7. The second-order valence-electron chi connectivity index (χ2n) is 5.28. The van der Waals surface area contributed by atoms with Crippen molar-refractivity contribution in [3.63, 3.8) is 0 Å². The molecule has 0 spiro atoms. The maximum Gasteiger partial charge on any atom is 0.105 e. The van der Waals surface area contributed by atoms with Crippen molar-refractivity contribution in [3.05, 3.63) is 57.5 Å². The molecule has 20 heavy (non-hydrogen) atoms. The second kappa shape index (κ2) is 6.47. The molecule has 1 atom stereocenters. The minimum atomic E-state index is 0.234. The van der Waals surface area contributed by atoms with Gasteiger partial charge in [-0.15, -0.1) is 0 Å². The second-order valence-corrected chi connectivity index (χ2v) is 5.69. The molecule has 0 aliphatic carbocycles. The Bertz CT molecular complexity index is 589. The summed E-state index contributed by atoms with van der Waals surface area (Å²) >= 11 is 6.36. The minimum absolute atomic E-state index is 0.234. The van der Waals surface area contributed by atoms with Gasteiger partial charge in [-0.25, -0.2) is 0 Å². The van der Waals surface area contributed by atoms with Crippen LogP contribution in [0, 0.1) is 20.8 Å². The number of rotatable bonds is 5. The van der Waals surface area contributed by atoms with E-state index in [1.54, 1.807) is 0 Å². The Kier molecular flexibility index (Phi) is 4.90. The first-order valence-corrected chi connectivity index (χ1v) is 7.44. The first-order valence-electron chi connectivity index (χ1n) is 7.06. The third-order valence-corrected chi connectivity index (χ3v) is 3.89. The average Bonchev–Trinajstić information content (AvgIpc) is 2.71. The van der Waals surface area contributed by atoms with Crippen molar-refractivity contribution < 1.29 is 4.42 Å². The zero-order valence-corrected chi connectivity index (χ0v) is 13.3. The number of furan rings is 1. The summed E-state index contributed by atoms with van der Waals surface area (Å²) in [5.41, 5.74) is 3.58. The molecule has 0 saturated carbocycles. The number of likely N-dealkylation sites (N-methyl/N-ethyl adjacent to an activating group) is 1. The van der Waals surface area contributed by atoms with Crippen LogP contribution >= 0.6 is 11.6 Å². The Morgan fingerprint density at radius 1 is 1.20 bits per heavy atom. The third-order valence-electron chi connectivity index (χ3n) is 3.54. The highest BCUT2D eigenvalue weighted by atomic mass is 35.5. The molecular weight excluding hydrogens is 270 g/mol. The number of aryl methyl sites for hydroxylation is 3. The van der Waals surface area contributed by atoms with Gasteiger partial charge >= 0.3 is 0 Å². The van der Waals surface area contributed by atoms with E-state index >= 15 is 0 Å². The molecule has 1 unspecified atom stereocenters. The molecule has 0 saturated heterocycles. The van der Waals surface area contributed by atoms with E-state index in [2.05, 4.69) is 37.4 Å². The van der Waals surface area contributed by atoms with E-state index < -0.39 is 0 Å². The Hall–Kier alpha value is -1.25. The largest absolute Gasteiger partial charge is 0.466 e. The van der Waals surface area contributed by atoms with Crippen molar-refractivity contribution in [2.45, 2.75) is 40.2 Å². The van der Waals surface area contributed by atoms with E-state index in [1.165, 1.54) is 16.7 Å². The van der Waals surface area contributed by atoms with Crippen LogP contribution in [0.1, 0.15) is 41.2 Å². The summed E-state index contributed by atoms with van der Waals surface area (Å²) in [6.07, 6.45) is 0.868. The molecule has 0 aliphatic rings. The van der Waals surface area contributed by atoms with Crippen LogP contribution < -0.4 is 5.32 Å². The molecule has 1 aromatic heterocycles. The zero-order valence-electron chi connectivity index (χ0n) is 12.6. The molecule has 108 valence electrons. The SMILES string of the molecule is CCNC(Cc1ccc(C)cc1Cl)c1cc(C)oc1C. The van der Waals surface area contributed by atoms with Crippen LogP contribution in [-0.2, 0) is 6.42 Å². The van der Waals surface area contributed by atoms with Gasteiger partial charge in [-0.1, -0.05) is 30.7 Å². The lowest BCUT2D eigenvalue weighted by atomic mass is 9.98. The Morgan fingerprint density at radius 2 is 1.95 bits per heavy atom. The van der Waals surface area contributed by atoms with E-state index in [0.717, 1.165) is 29.5 Å². The van der Waals surface area contributed by atoms with Crippen LogP contribution in [0.4, 0.5) is 0 Å². The summed E-state index contributed by atoms with van der Waals surface area (Å²) in [7, 11) is 0. The number of hydrogen-bond acceptors (Lipinski definition) is 2. The highest BCUT2D eigenvalue weighted by Gasteiger charge is 2.18. The Balaban J connectivity index is 2.27. The topological polar surface area (TPSA) is 25.2 Å². The molecule has 2 rings (SSSR count). The number of hydrogen-bond donors (Lipinski definition) is 1. The Morgan fingerprint density at radius 3 is 2.50 bits per heavy atom. The fourth-order valence-corrected chi connectivity index (χ4v) is 2.88. The van der Waals surface area contributed by atoms with Crippen molar-refractivity contribution in [3.8, 4) is 0 Å². The van der Waals surface area contributed by atoms with E-state index in [4.69, 9.17) is 16.0 Å². The molecule has 1 aromatic carbocycles. The van der Waals surface area contributed by atoms with Gasteiger partial charge in [0.1, 0.15) is 11.5 Å². The van der Waals surface area contributed by atoms with E-state index in [0.29, 0.717) is 0 Å². The summed E-state index contributed by atoms with van der Waals surface area (Å²) in [5.74, 6) is 1.94. The molecule has 2 nitrogen and oxygen atoms in total. The van der Waals surface area contributed by atoms with Crippen molar-refractivity contribution in [2.75, 3.05) is 6.54 Å². The lowest BCUT2D eigenvalue weighted by Crippen LogP contribution is -2.23. The number of benzene rings is 1. The van der Waals surface area contributed by atoms with Crippen molar-refractivity contribution in [2.24, 2.45) is 0 Å². The molecule has 2 aromatic rings.